The van der Waals surface area contributed by atoms with Crippen LogP contribution < -0.4 is 0 Å². The molecule has 1 N–H and O–H groups in total. The Labute approximate surface area is 191 Å². The quantitative estimate of drug-likeness (QED) is 0.289. The van der Waals surface area contributed by atoms with E-state index in [0.717, 1.165) is 35.3 Å². The van der Waals surface area contributed by atoms with E-state index in [2.05, 4.69) is 66.7 Å². The number of benzene rings is 4. The molecule has 158 valence electrons. The molecule has 0 saturated heterocycles. The van der Waals surface area contributed by atoms with Crippen LogP contribution in [0.25, 0.3) is 21.5 Å². The van der Waals surface area contributed by atoms with Gasteiger partial charge in [0.15, 0.2) is 5.79 Å². The molecule has 0 radical (unpaired) electrons. The highest BCUT2D eigenvalue weighted by Gasteiger charge is 2.25. The van der Waals surface area contributed by atoms with Gasteiger partial charge < -0.3 is 9.84 Å². The molecule has 4 aromatic carbocycles. The molecule has 1 atom stereocenters. The van der Waals surface area contributed by atoms with Crippen molar-refractivity contribution in [1.82, 2.24) is 0 Å². The van der Waals surface area contributed by atoms with Crippen LogP contribution in [0.1, 0.15) is 35.6 Å². The Morgan fingerprint density at radius 1 is 0.806 bits per heavy atom. The van der Waals surface area contributed by atoms with Crippen molar-refractivity contribution in [2.45, 2.75) is 37.1 Å². The number of rotatable bonds is 0. The van der Waals surface area contributed by atoms with Crippen LogP contribution in [0.5, 0.6) is 0 Å². The summed E-state index contributed by atoms with van der Waals surface area (Å²) in [6.45, 7) is 2.27. The summed E-state index contributed by atoms with van der Waals surface area (Å²) in [4.78, 5) is 0. The van der Waals surface area contributed by atoms with Gasteiger partial charge in [0.25, 0.3) is 0 Å². The van der Waals surface area contributed by atoms with Gasteiger partial charge >= 0.3 is 0 Å². The average molecular weight is 447 g/mol. The molecule has 0 spiro atoms. The van der Waals surface area contributed by atoms with Crippen LogP contribution in [0, 0.1) is 0 Å². The highest BCUT2D eigenvalue weighted by molar-refractivity contribution is 8.76. The molecule has 0 aromatic heterocycles. The second-order valence-corrected chi connectivity index (χ2v) is 10.8. The molecule has 0 saturated carbocycles. The van der Waals surface area contributed by atoms with Crippen molar-refractivity contribution >= 4 is 43.1 Å². The zero-order valence-electron chi connectivity index (χ0n) is 17.6. The van der Waals surface area contributed by atoms with Gasteiger partial charge in [0.2, 0.25) is 0 Å². The standard InChI is InChI=1S/C27H26O2S2/c1-27(28)24-15-21-7-2-3-10-25(21)23(16-24)18-31-30-17-22-9-4-8-20-14-19(6-5-13-29-27)11-12-26(20)22/h2-4,7-12,14-16,28H,5-6,13,17-18H2,1H3. The highest BCUT2D eigenvalue weighted by atomic mass is 33.1. The molecule has 6 rings (SSSR count). The van der Waals surface area contributed by atoms with Crippen LogP contribution in [0.3, 0.4) is 0 Å². The van der Waals surface area contributed by atoms with Crippen LogP contribution >= 0.6 is 21.6 Å². The maximum Gasteiger partial charge on any atom is 0.189 e. The minimum atomic E-state index is -1.30. The Balaban J connectivity index is 1.51. The minimum absolute atomic E-state index is 0.512. The van der Waals surface area contributed by atoms with Gasteiger partial charge in [-0.05, 0) is 70.1 Å². The summed E-state index contributed by atoms with van der Waals surface area (Å²) < 4.78 is 5.99. The van der Waals surface area contributed by atoms with Crippen molar-refractivity contribution in [3.8, 4) is 0 Å². The van der Waals surface area contributed by atoms with Crippen LogP contribution in [0.2, 0.25) is 0 Å². The lowest BCUT2D eigenvalue weighted by Crippen LogP contribution is -2.26. The monoisotopic (exact) mass is 446 g/mol. The van der Waals surface area contributed by atoms with Crippen molar-refractivity contribution in [2.75, 3.05) is 6.61 Å². The first kappa shape index (κ1) is 20.9. The summed E-state index contributed by atoms with van der Waals surface area (Å²) in [7, 11) is 3.76. The summed E-state index contributed by atoms with van der Waals surface area (Å²) in [5, 5.41) is 16.1. The van der Waals surface area contributed by atoms with E-state index in [1.165, 1.54) is 32.8 Å². The van der Waals surface area contributed by atoms with Crippen LogP contribution in [0.15, 0.2) is 72.8 Å². The van der Waals surface area contributed by atoms with E-state index in [-0.39, 0.29) is 0 Å². The summed E-state index contributed by atoms with van der Waals surface area (Å²) in [5.41, 5.74) is 4.76. The van der Waals surface area contributed by atoms with Gasteiger partial charge in [0.05, 0.1) is 6.61 Å². The van der Waals surface area contributed by atoms with E-state index in [0.29, 0.717) is 6.61 Å². The smallest absolute Gasteiger partial charge is 0.189 e. The molecule has 31 heavy (non-hydrogen) atoms. The molecule has 2 heterocycles. The third kappa shape index (κ3) is 4.49. The molecule has 1 unspecified atom stereocenters. The van der Waals surface area contributed by atoms with Gasteiger partial charge in [-0.15, -0.1) is 0 Å². The average Bonchev–Trinajstić information content (AvgIpc) is 2.78. The molecule has 4 heteroatoms. The first-order chi connectivity index (χ1) is 15.1. The van der Waals surface area contributed by atoms with Crippen LogP contribution in [-0.4, -0.2) is 11.7 Å². The molecule has 2 aliphatic heterocycles. The third-order valence-electron chi connectivity index (χ3n) is 6.02. The van der Waals surface area contributed by atoms with Gasteiger partial charge in [-0.2, -0.15) is 0 Å². The molecule has 0 fully saturated rings. The Hall–Kier alpha value is -1.98. The Morgan fingerprint density at radius 2 is 1.55 bits per heavy atom. The van der Waals surface area contributed by atoms with Crippen molar-refractivity contribution in [3.63, 3.8) is 0 Å². The molecule has 6 bridgehead atoms. The second-order valence-electron chi connectivity index (χ2n) is 8.29. The molecule has 0 amide bonds. The summed E-state index contributed by atoms with van der Waals surface area (Å²) >= 11 is 0. The number of aliphatic hydroxyl groups is 1. The van der Waals surface area contributed by atoms with E-state index in [9.17, 15) is 5.11 Å². The number of fused-ring (bicyclic) bond motifs is 9. The van der Waals surface area contributed by atoms with E-state index >= 15 is 0 Å². The maximum absolute atomic E-state index is 11.1. The third-order valence-corrected chi connectivity index (χ3v) is 8.25. The number of hydrogen-bond acceptors (Lipinski definition) is 4. The predicted molar refractivity (Wildman–Crippen MR) is 134 cm³/mol. The van der Waals surface area contributed by atoms with Gasteiger partial charge in [-0.25, -0.2) is 0 Å². The molecular formula is C27H26O2S2. The Bertz CT molecular complexity index is 1230. The van der Waals surface area contributed by atoms with Crippen LogP contribution in [-0.2, 0) is 28.5 Å². The lowest BCUT2D eigenvalue weighted by atomic mass is 9.97. The fraction of sp³-hybridized carbons (Fsp3) is 0.259. The van der Waals surface area contributed by atoms with Gasteiger partial charge in [-0.1, -0.05) is 82.3 Å². The first-order valence-electron chi connectivity index (χ1n) is 10.7. The topological polar surface area (TPSA) is 29.5 Å². The van der Waals surface area contributed by atoms with E-state index in [1.54, 1.807) is 6.92 Å². The van der Waals surface area contributed by atoms with Gasteiger partial charge in [0.1, 0.15) is 0 Å². The minimum Gasteiger partial charge on any atom is -0.362 e. The molecule has 2 aliphatic rings. The first-order valence-corrected chi connectivity index (χ1v) is 13.2. The maximum atomic E-state index is 11.1. The Morgan fingerprint density at radius 3 is 2.45 bits per heavy atom. The predicted octanol–water partition coefficient (Wildman–Crippen LogP) is 7.20. The SMILES string of the molecule is CC1(O)OCCCc2ccc3c(cccc3c2)CSSCc2cc1cc1ccccc21. The lowest BCUT2D eigenvalue weighted by molar-refractivity contribution is -0.199. The van der Waals surface area contributed by atoms with E-state index in [4.69, 9.17) is 4.74 Å². The van der Waals surface area contributed by atoms with Crippen molar-refractivity contribution in [3.05, 3.63) is 95.1 Å². The normalized spacial score (nSPS) is 20.3. The van der Waals surface area contributed by atoms with Gasteiger partial charge in [0, 0.05) is 17.1 Å². The Kier molecular flexibility index (Phi) is 5.98. The molecular weight excluding hydrogens is 420 g/mol. The van der Waals surface area contributed by atoms with Gasteiger partial charge in [-0.3, -0.25) is 0 Å². The number of hydrogen-bond donors (Lipinski definition) is 1. The van der Waals surface area contributed by atoms with Crippen molar-refractivity contribution in [2.24, 2.45) is 0 Å². The van der Waals surface area contributed by atoms with Crippen molar-refractivity contribution < 1.29 is 9.84 Å². The van der Waals surface area contributed by atoms with Crippen LogP contribution in [0.4, 0.5) is 0 Å². The zero-order chi connectivity index (χ0) is 21.3. The fourth-order valence-electron chi connectivity index (χ4n) is 4.30. The highest BCUT2D eigenvalue weighted by Crippen LogP contribution is 2.36. The summed E-state index contributed by atoms with van der Waals surface area (Å²) in [5.74, 6) is 0.547. The molecule has 4 aromatic rings. The summed E-state index contributed by atoms with van der Waals surface area (Å²) in [6, 6.07) is 26.0. The molecule has 2 nitrogen and oxygen atoms in total. The number of ether oxygens (including phenoxy) is 1. The van der Waals surface area contributed by atoms with E-state index in [1.807, 2.05) is 27.7 Å². The molecule has 0 aliphatic carbocycles. The fourth-order valence-corrected chi connectivity index (χ4v) is 6.47. The zero-order valence-corrected chi connectivity index (χ0v) is 19.3. The summed E-state index contributed by atoms with van der Waals surface area (Å²) in [6.07, 6.45) is 1.80. The van der Waals surface area contributed by atoms with E-state index < -0.39 is 5.79 Å². The second kappa shape index (κ2) is 8.87. The largest absolute Gasteiger partial charge is 0.362 e. The number of aryl methyl sites for hydroxylation is 1. The van der Waals surface area contributed by atoms with Crippen molar-refractivity contribution in [1.29, 1.82) is 0 Å². The lowest BCUT2D eigenvalue weighted by Gasteiger charge is -2.25.